The first kappa shape index (κ1) is 10.4. The van der Waals surface area contributed by atoms with Gasteiger partial charge in [-0.1, -0.05) is 11.6 Å². The average Bonchev–Trinajstić information content (AvgIpc) is 2.30. The van der Waals surface area contributed by atoms with E-state index in [9.17, 15) is 4.79 Å². The van der Waals surface area contributed by atoms with E-state index in [1.807, 2.05) is 0 Å². The normalized spacial score (nSPS) is 16.5. The van der Waals surface area contributed by atoms with Crippen molar-refractivity contribution in [3.8, 4) is 0 Å². The van der Waals surface area contributed by atoms with E-state index < -0.39 is 0 Å². The lowest BCUT2D eigenvalue weighted by Crippen LogP contribution is -2.31. The van der Waals surface area contributed by atoms with Crippen LogP contribution in [0.15, 0.2) is 6.33 Å². The van der Waals surface area contributed by atoms with E-state index in [0.717, 1.165) is 32.2 Å². The lowest BCUT2D eigenvalue weighted by Gasteiger charge is -2.28. The van der Waals surface area contributed by atoms with Gasteiger partial charge in [0.2, 0.25) is 0 Å². The molecule has 0 saturated carbocycles. The maximum Gasteiger partial charge on any atom is 0.156 e. The van der Waals surface area contributed by atoms with E-state index in [4.69, 9.17) is 11.6 Å². The van der Waals surface area contributed by atoms with Crippen molar-refractivity contribution < 1.29 is 4.79 Å². The molecule has 0 aromatic carbocycles. The monoisotopic (exact) mass is 225 g/mol. The predicted octanol–water partition coefficient (Wildman–Crippen LogP) is 1.93. The Balaban J connectivity index is 2.33. The Morgan fingerprint density at radius 3 is 2.67 bits per heavy atom. The van der Waals surface area contributed by atoms with Crippen molar-refractivity contribution in [1.29, 1.82) is 0 Å². The van der Waals surface area contributed by atoms with Crippen LogP contribution in [0.25, 0.3) is 0 Å². The molecule has 1 fully saturated rings. The van der Waals surface area contributed by atoms with Gasteiger partial charge >= 0.3 is 0 Å². The van der Waals surface area contributed by atoms with Gasteiger partial charge in [0, 0.05) is 13.1 Å². The van der Waals surface area contributed by atoms with Gasteiger partial charge in [0.1, 0.15) is 17.3 Å². The van der Waals surface area contributed by atoms with Gasteiger partial charge in [-0.15, -0.1) is 0 Å². The molecule has 80 valence electrons. The van der Waals surface area contributed by atoms with Crippen molar-refractivity contribution in [2.45, 2.75) is 19.3 Å². The summed E-state index contributed by atoms with van der Waals surface area (Å²) in [6.07, 6.45) is 5.65. The van der Waals surface area contributed by atoms with E-state index in [-0.39, 0.29) is 5.15 Å². The number of piperidine rings is 1. The van der Waals surface area contributed by atoms with Gasteiger partial charge < -0.3 is 4.90 Å². The van der Waals surface area contributed by atoms with Gasteiger partial charge in [-0.05, 0) is 19.3 Å². The van der Waals surface area contributed by atoms with Crippen LogP contribution in [0.5, 0.6) is 0 Å². The topological polar surface area (TPSA) is 46.1 Å². The Morgan fingerprint density at radius 1 is 1.27 bits per heavy atom. The summed E-state index contributed by atoms with van der Waals surface area (Å²) in [4.78, 5) is 20.9. The van der Waals surface area contributed by atoms with E-state index in [1.165, 1.54) is 12.7 Å². The van der Waals surface area contributed by atoms with Crippen molar-refractivity contribution in [2.24, 2.45) is 0 Å². The smallest absolute Gasteiger partial charge is 0.156 e. The second-order valence-electron chi connectivity index (χ2n) is 3.57. The highest BCUT2D eigenvalue weighted by atomic mass is 35.5. The molecule has 2 heterocycles. The number of anilines is 1. The van der Waals surface area contributed by atoms with Gasteiger partial charge in [-0.3, -0.25) is 4.79 Å². The van der Waals surface area contributed by atoms with Crippen LogP contribution in [-0.2, 0) is 0 Å². The van der Waals surface area contributed by atoms with Crippen LogP contribution in [0.4, 0.5) is 5.82 Å². The van der Waals surface area contributed by atoms with Gasteiger partial charge in [-0.2, -0.15) is 0 Å². The van der Waals surface area contributed by atoms with Gasteiger partial charge in [-0.25, -0.2) is 9.97 Å². The largest absolute Gasteiger partial charge is 0.356 e. The van der Waals surface area contributed by atoms with Crippen LogP contribution in [-0.4, -0.2) is 29.3 Å². The minimum Gasteiger partial charge on any atom is -0.356 e. The Labute approximate surface area is 93.3 Å². The number of hydrogen-bond donors (Lipinski definition) is 0. The number of halogens is 1. The van der Waals surface area contributed by atoms with Crippen LogP contribution >= 0.6 is 11.6 Å². The van der Waals surface area contributed by atoms with Gasteiger partial charge in [0.15, 0.2) is 6.29 Å². The molecule has 1 saturated heterocycles. The second kappa shape index (κ2) is 4.57. The van der Waals surface area contributed by atoms with Crippen molar-refractivity contribution >= 4 is 23.7 Å². The third kappa shape index (κ3) is 2.09. The van der Waals surface area contributed by atoms with Crippen LogP contribution in [0.2, 0.25) is 5.15 Å². The zero-order chi connectivity index (χ0) is 10.7. The quantitative estimate of drug-likeness (QED) is 0.570. The number of carbonyl (C=O) groups is 1. The van der Waals surface area contributed by atoms with Crippen molar-refractivity contribution in [3.05, 3.63) is 17.0 Å². The fourth-order valence-corrected chi connectivity index (χ4v) is 2.00. The minimum atomic E-state index is 0.237. The van der Waals surface area contributed by atoms with E-state index in [2.05, 4.69) is 14.9 Å². The molecule has 1 aliphatic rings. The molecular formula is C10H12ClN3O. The molecule has 0 unspecified atom stereocenters. The number of aromatic nitrogens is 2. The molecule has 2 rings (SSSR count). The summed E-state index contributed by atoms with van der Waals surface area (Å²) in [7, 11) is 0. The molecule has 1 aliphatic heterocycles. The van der Waals surface area contributed by atoms with Crippen LogP contribution in [0.3, 0.4) is 0 Å². The minimum absolute atomic E-state index is 0.237. The summed E-state index contributed by atoms with van der Waals surface area (Å²) in [6, 6.07) is 0. The molecule has 0 radical (unpaired) electrons. The van der Waals surface area contributed by atoms with Crippen LogP contribution in [0.1, 0.15) is 29.6 Å². The van der Waals surface area contributed by atoms with Crippen molar-refractivity contribution in [1.82, 2.24) is 9.97 Å². The molecule has 0 amide bonds. The molecule has 0 bridgehead atoms. The van der Waals surface area contributed by atoms with Crippen molar-refractivity contribution in [3.63, 3.8) is 0 Å². The van der Waals surface area contributed by atoms with Crippen LogP contribution < -0.4 is 4.90 Å². The molecule has 4 nitrogen and oxygen atoms in total. The fourth-order valence-electron chi connectivity index (χ4n) is 1.82. The Bertz CT molecular complexity index is 364. The van der Waals surface area contributed by atoms with E-state index in [1.54, 1.807) is 0 Å². The van der Waals surface area contributed by atoms with Crippen LogP contribution in [0, 0.1) is 0 Å². The van der Waals surface area contributed by atoms with Crippen molar-refractivity contribution in [2.75, 3.05) is 18.0 Å². The summed E-state index contributed by atoms with van der Waals surface area (Å²) in [5.74, 6) is 0.671. The SMILES string of the molecule is O=Cc1c(Cl)ncnc1N1CCCCC1. The van der Waals surface area contributed by atoms with Gasteiger partial charge in [0.05, 0.1) is 5.56 Å². The first-order valence-electron chi connectivity index (χ1n) is 5.03. The third-order valence-electron chi connectivity index (χ3n) is 2.59. The standard InChI is InChI=1S/C10H12ClN3O/c11-9-8(6-15)10(13-7-12-9)14-4-2-1-3-5-14/h6-7H,1-5H2. The summed E-state index contributed by atoms with van der Waals surface area (Å²) in [5.41, 5.74) is 0.404. The maximum absolute atomic E-state index is 10.9. The molecule has 0 N–H and O–H groups in total. The highest BCUT2D eigenvalue weighted by molar-refractivity contribution is 6.32. The predicted molar refractivity (Wildman–Crippen MR) is 58.5 cm³/mol. The second-order valence-corrected chi connectivity index (χ2v) is 3.93. The summed E-state index contributed by atoms with van der Waals surface area (Å²) >= 11 is 5.84. The average molecular weight is 226 g/mol. The molecular weight excluding hydrogens is 214 g/mol. The number of aldehydes is 1. The Morgan fingerprint density at radius 2 is 2.00 bits per heavy atom. The molecule has 1 aromatic heterocycles. The number of nitrogens with zero attached hydrogens (tertiary/aromatic N) is 3. The molecule has 0 aliphatic carbocycles. The lowest BCUT2D eigenvalue weighted by atomic mass is 10.1. The molecule has 0 spiro atoms. The summed E-state index contributed by atoms with van der Waals surface area (Å²) in [6.45, 7) is 1.88. The zero-order valence-electron chi connectivity index (χ0n) is 8.32. The van der Waals surface area contributed by atoms with E-state index >= 15 is 0 Å². The van der Waals surface area contributed by atoms with Gasteiger partial charge in [0.25, 0.3) is 0 Å². The first-order chi connectivity index (χ1) is 7.33. The lowest BCUT2D eigenvalue weighted by molar-refractivity contribution is 0.112. The Kier molecular flexibility index (Phi) is 3.16. The molecule has 0 atom stereocenters. The fraction of sp³-hybridized carbons (Fsp3) is 0.500. The number of rotatable bonds is 2. The highest BCUT2D eigenvalue weighted by Gasteiger charge is 2.17. The Hall–Kier alpha value is -1.16. The first-order valence-corrected chi connectivity index (χ1v) is 5.41. The summed E-state index contributed by atoms with van der Waals surface area (Å²) in [5, 5.41) is 0.237. The van der Waals surface area contributed by atoms with E-state index in [0.29, 0.717) is 11.4 Å². The number of hydrogen-bond acceptors (Lipinski definition) is 4. The zero-order valence-corrected chi connectivity index (χ0v) is 9.07. The number of carbonyl (C=O) groups excluding carboxylic acids is 1. The molecule has 15 heavy (non-hydrogen) atoms. The molecule has 5 heteroatoms. The third-order valence-corrected chi connectivity index (χ3v) is 2.89. The highest BCUT2D eigenvalue weighted by Crippen LogP contribution is 2.24. The maximum atomic E-state index is 10.9. The molecule has 1 aromatic rings. The summed E-state index contributed by atoms with van der Waals surface area (Å²) < 4.78 is 0.